The Morgan fingerprint density at radius 2 is 1.66 bits per heavy atom. The minimum atomic E-state index is -3.51. The van der Waals surface area contributed by atoms with E-state index in [-0.39, 0.29) is 11.5 Å². The summed E-state index contributed by atoms with van der Waals surface area (Å²) >= 11 is 0. The number of benzene rings is 2. The molecule has 1 N–H and O–H groups in total. The number of anilines is 1. The van der Waals surface area contributed by atoms with Gasteiger partial charge in [-0.3, -0.25) is 4.90 Å². The van der Waals surface area contributed by atoms with Crippen molar-refractivity contribution in [2.75, 3.05) is 31.1 Å². The Balaban J connectivity index is 1.12. The summed E-state index contributed by atoms with van der Waals surface area (Å²) in [5.74, 6) is 1.24. The summed E-state index contributed by atoms with van der Waals surface area (Å²) in [7, 11) is -3.51. The Kier molecular flexibility index (Phi) is 6.70. The predicted octanol–water partition coefficient (Wildman–Crippen LogP) is 3.93. The number of rotatable bonds is 8. The zero-order chi connectivity index (χ0) is 24.5. The lowest BCUT2D eigenvalue weighted by atomic mass is 9.57. The predicted molar refractivity (Wildman–Crippen MR) is 137 cm³/mol. The third kappa shape index (κ3) is 5.29. The fourth-order valence-electron chi connectivity index (χ4n) is 5.22. The monoisotopic (exact) mass is 494 g/mol. The zero-order valence-corrected chi connectivity index (χ0v) is 21.2. The van der Waals surface area contributed by atoms with Gasteiger partial charge in [0, 0.05) is 44.0 Å². The van der Waals surface area contributed by atoms with Crippen LogP contribution in [0.2, 0.25) is 0 Å². The number of piperazine rings is 1. The molecule has 186 valence electrons. The van der Waals surface area contributed by atoms with Gasteiger partial charge in [-0.15, -0.1) is 0 Å². The topological polar surface area (TPSA) is 78.7 Å². The van der Waals surface area contributed by atoms with Gasteiger partial charge in [-0.25, -0.2) is 13.1 Å². The molecule has 0 amide bonds. The second-order valence-electron chi connectivity index (χ2n) is 10.3. The van der Waals surface area contributed by atoms with Gasteiger partial charge in [0.2, 0.25) is 10.0 Å². The van der Waals surface area contributed by atoms with Crippen LogP contribution in [0, 0.1) is 11.3 Å². The molecule has 1 saturated carbocycles. The van der Waals surface area contributed by atoms with Crippen molar-refractivity contribution in [1.82, 2.24) is 14.8 Å². The number of para-hydroxylation sites is 1. The lowest BCUT2D eigenvalue weighted by Gasteiger charge is -2.52. The fourth-order valence-corrected chi connectivity index (χ4v) is 6.65. The Morgan fingerprint density at radius 1 is 1.00 bits per heavy atom. The molecule has 8 heteroatoms. The number of hydrogen-bond donors (Lipinski definition) is 1. The molecule has 2 atom stereocenters. The maximum Gasteiger partial charge on any atom is 0.240 e. The van der Waals surface area contributed by atoms with Crippen LogP contribution in [0.3, 0.4) is 0 Å². The van der Waals surface area contributed by atoms with Crippen molar-refractivity contribution < 1.29 is 12.9 Å². The maximum absolute atomic E-state index is 12.7. The first kappa shape index (κ1) is 24.0. The molecular weight excluding hydrogens is 460 g/mol. The first-order valence-electron chi connectivity index (χ1n) is 12.4. The molecule has 35 heavy (non-hydrogen) atoms. The standard InChI is InChI=1S/C27H34N4O3S/c1-27(2)21(18-26(27)29-35(32,33)25-11-7-4-8-12-25)17-22-19-24(34-28-22)20-30-13-15-31(16-14-30)23-9-5-3-6-10-23/h3-12,19,21,26,29H,13-18,20H2,1-2H3. The summed E-state index contributed by atoms with van der Waals surface area (Å²) in [5.41, 5.74) is 2.07. The van der Waals surface area contributed by atoms with Gasteiger partial charge >= 0.3 is 0 Å². The van der Waals surface area contributed by atoms with Crippen LogP contribution in [0.4, 0.5) is 5.69 Å². The normalized spacial score (nSPS) is 22.6. The second kappa shape index (κ2) is 9.76. The van der Waals surface area contributed by atoms with E-state index in [1.165, 1.54) is 5.69 Å². The van der Waals surface area contributed by atoms with Crippen LogP contribution in [0.1, 0.15) is 31.7 Å². The van der Waals surface area contributed by atoms with Gasteiger partial charge in [0.25, 0.3) is 0 Å². The van der Waals surface area contributed by atoms with Crippen molar-refractivity contribution in [3.05, 3.63) is 78.2 Å². The lowest BCUT2D eigenvalue weighted by molar-refractivity contribution is 0.0270. The van der Waals surface area contributed by atoms with Gasteiger partial charge < -0.3 is 9.42 Å². The van der Waals surface area contributed by atoms with Gasteiger partial charge in [0.1, 0.15) is 0 Å². The number of hydrogen-bond acceptors (Lipinski definition) is 6. The van der Waals surface area contributed by atoms with E-state index in [9.17, 15) is 8.42 Å². The third-order valence-corrected chi connectivity index (χ3v) is 9.25. The van der Waals surface area contributed by atoms with E-state index in [2.05, 4.69) is 69.9 Å². The van der Waals surface area contributed by atoms with Crippen LogP contribution in [-0.2, 0) is 23.0 Å². The Morgan fingerprint density at radius 3 is 2.31 bits per heavy atom. The van der Waals surface area contributed by atoms with Crippen LogP contribution < -0.4 is 9.62 Å². The Labute approximate surface area is 208 Å². The smallest absolute Gasteiger partial charge is 0.240 e. The molecule has 1 saturated heterocycles. The van der Waals surface area contributed by atoms with Gasteiger partial charge in [0.05, 0.1) is 17.1 Å². The summed E-state index contributed by atoms with van der Waals surface area (Å²) in [6, 6.07) is 21.1. The van der Waals surface area contributed by atoms with E-state index in [1.807, 2.05) is 6.07 Å². The van der Waals surface area contributed by atoms with E-state index in [0.717, 1.165) is 57.0 Å². The highest BCUT2D eigenvalue weighted by Gasteiger charge is 2.49. The molecule has 5 rings (SSSR count). The van der Waals surface area contributed by atoms with E-state index >= 15 is 0 Å². The largest absolute Gasteiger partial charge is 0.369 e. The van der Waals surface area contributed by atoms with Crippen LogP contribution in [-0.4, -0.2) is 50.7 Å². The van der Waals surface area contributed by atoms with E-state index < -0.39 is 10.0 Å². The fraction of sp³-hybridized carbons (Fsp3) is 0.444. The second-order valence-corrected chi connectivity index (χ2v) is 12.0. The minimum Gasteiger partial charge on any atom is -0.369 e. The van der Waals surface area contributed by atoms with Crippen LogP contribution in [0.15, 0.2) is 76.1 Å². The Bertz CT molecular complexity index is 1220. The maximum atomic E-state index is 12.7. The summed E-state index contributed by atoms with van der Waals surface area (Å²) in [6.45, 7) is 9.01. The number of nitrogens with one attached hydrogen (secondary N) is 1. The molecule has 3 aromatic rings. The molecule has 2 fully saturated rings. The molecule has 2 aromatic carbocycles. The van der Waals surface area contributed by atoms with Crippen LogP contribution in [0.5, 0.6) is 0 Å². The summed E-state index contributed by atoms with van der Waals surface area (Å²) in [5, 5.41) is 4.33. The molecule has 2 aliphatic rings. The van der Waals surface area contributed by atoms with Gasteiger partial charge in [-0.1, -0.05) is 55.4 Å². The average molecular weight is 495 g/mol. The SMILES string of the molecule is CC1(C)C(Cc2cc(CN3CCN(c4ccccc4)CC3)on2)CC1NS(=O)(=O)c1ccccc1. The number of sulfonamides is 1. The molecule has 0 bridgehead atoms. The first-order chi connectivity index (χ1) is 16.8. The molecule has 1 aromatic heterocycles. The van der Waals surface area contributed by atoms with E-state index in [0.29, 0.717) is 10.8 Å². The molecule has 1 aliphatic heterocycles. The van der Waals surface area contributed by atoms with Crippen molar-refractivity contribution in [3.8, 4) is 0 Å². The molecule has 1 aliphatic carbocycles. The molecule has 7 nitrogen and oxygen atoms in total. The van der Waals surface area contributed by atoms with E-state index in [1.54, 1.807) is 24.3 Å². The Hall–Kier alpha value is -2.68. The van der Waals surface area contributed by atoms with Gasteiger partial charge in [-0.2, -0.15) is 0 Å². The quantitative estimate of drug-likeness (QED) is 0.511. The molecule has 2 heterocycles. The molecular formula is C27H34N4O3S. The van der Waals surface area contributed by atoms with Crippen LogP contribution >= 0.6 is 0 Å². The van der Waals surface area contributed by atoms with Gasteiger partial charge in [0.15, 0.2) is 5.76 Å². The summed E-state index contributed by atoms with van der Waals surface area (Å²) in [6.07, 6.45) is 1.59. The minimum absolute atomic E-state index is 0.0926. The van der Waals surface area contributed by atoms with Crippen molar-refractivity contribution in [2.45, 2.75) is 44.2 Å². The summed E-state index contributed by atoms with van der Waals surface area (Å²) in [4.78, 5) is 5.14. The molecule has 0 radical (unpaired) electrons. The third-order valence-electron chi connectivity index (χ3n) is 7.76. The number of aromatic nitrogens is 1. The van der Waals surface area contributed by atoms with Crippen molar-refractivity contribution >= 4 is 15.7 Å². The van der Waals surface area contributed by atoms with Crippen molar-refractivity contribution in [2.24, 2.45) is 11.3 Å². The van der Waals surface area contributed by atoms with Crippen LogP contribution in [0.25, 0.3) is 0 Å². The van der Waals surface area contributed by atoms with Gasteiger partial charge in [-0.05, 0) is 48.4 Å². The van der Waals surface area contributed by atoms with E-state index in [4.69, 9.17) is 4.52 Å². The van der Waals surface area contributed by atoms with Crippen molar-refractivity contribution in [1.29, 1.82) is 0 Å². The summed E-state index contributed by atoms with van der Waals surface area (Å²) < 4.78 is 34.0. The first-order valence-corrected chi connectivity index (χ1v) is 13.8. The average Bonchev–Trinajstić information content (AvgIpc) is 3.32. The zero-order valence-electron chi connectivity index (χ0n) is 20.4. The number of nitrogens with zero attached hydrogens (tertiary/aromatic N) is 3. The highest BCUT2D eigenvalue weighted by molar-refractivity contribution is 7.89. The molecule has 2 unspecified atom stereocenters. The van der Waals surface area contributed by atoms with Crippen molar-refractivity contribution in [3.63, 3.8) is 0 Å². The highest BCUT2D eigenvalue weighted by atomic mass is 32.2. The molecule has 0 spiro atoms. The lowest BCUT2D eigenvalue weighted by Crippen LogP contribution is -2.58. The highest BCUT2D eigenvalue weighted by Crippen LogP contribution is 2.48.